The van der Waals surface area contributed by atoms with Gasteiger partial charge in [-0.05, 0) is 79.1 Å². The van der Waals surface area contributed by atoms with Crippen LogP contribution in [-0.4, -0.2) is 126 Å². The highest BCUT2D eigenvalue weighted by atomic mass is 35.5. The minimum absolute atomic E-state index is 0.00907. The number of sulfonamides is 1. The van der Waals surface area contributed by atoms with Gasteiger partial charge in [-0.1, -0.05) is 61.0 Å². The van der Waals surface area contributed by atoms with Crippen molar-refractivity contribution in [3.05, 3.63) is 88.7 Å². The Bertz CT molecular complexity index is 2470. The molecule has 15 nitrogen and oxygen atoms in total. The number of rotatable bonds is 11. The number of aromatic nitrogens is 2. The molecule has 324 valence electrons. The van der Waals surface area contributed by atoms with E-state index in [2.05, 4.69) is 55.5 Å². The van der Waals surface area contributed by atoms with Gasteiger partial charge in [0.05, 0.1) is 30.6 Å². The maximum Gasteiger partial charge on any atom is 0.407 e. The summed E-state index contributed by atoms with van der Waals surface area (Å²) in [6, 6.07) is 18.8. The smallest absolute Gasteiger partial charge is 0.407 e. The van der Waals surface area contributed by atoms with Crippen molar-refractivity contribution < 1.29 is 37.3 Å². The zero-order valence-corrected chi connectivity index (χ0v) is 36.7. The van der Waals surface area contributed by atoms with E-state index >= 15 is 0 Å². The number of aliphatic imine (C=N–C) groups is 1. The van der Waals surface area contributed by atoms with Crippen LogP contribution in [0.2, 0.25) is 5.02 Å². The summed E-state index contributed by atoms with van der Waals surface area (Å²) < 4.78 is 47.8. The number of allylic oxidation sites excluding steroid dienone is 1. The fourth-order valence-corrected chi connectivity index (χ4v) is 10.8. The van der Waals surface area contributed by atoms with Gasteiger partial charge in [0.1, 0.15) is 24.0 Å². The zero-order valence-electron chi connectivity index (χ0n) is 34.4. The third-order valence-electron chi connectivity index (χ3n) is 11.8. The van der Waals surface area contributed by atoms with Crippen LogP contribution in [0.3, 0.4) is 0 Å². The molecule has 2 fully saturated rings. The van der Waals surface area contributed by atoms with Gasteiger partial charge in [0.15, 0.2) is 10.6 Å². The van der Waals surface area contributed by atoms with E-state index in [1.807, 2.05) is 30.3 Å². The molecule has 0 radical (unpaired) electrons. The summed E-state index contributed by atoms with van der Waals surface area (Å²) in [5.74, 6) is -0.310. The van der Waals surface area contributed by atoms with Crippen molar-refractivity contribution in [2.24, 2.45) is 10.4 Å². The number of hydrogen-bond donors (Lipinski definition) is 3. The van der Waals surface area contributed by atoms with Crippen LogP contribution >= 0.6 is 23.4 Å². The second-order valence-corrected chi connectivity index (χ2v) is 20.3. The monoisotopic (exact) mass is 891 g/mol. The number of hydrogen-bond acceptors (Lipinski definition) is 12. The molecular formula is C43H50ClN7O8S2. The number of aromatic amines is 1. The number of imidazole rings is 1. The lowest BCUT2D eigenvalue weighted by molar-refractivity contribution is -0.0426. The Morgan fingerprint density at radius 3 is 2.61 bits per heavy atom. The van der Waals surface area contributed by atoms with Crippen molar-refractivity contribution in [2.75, 3.05) is 69.7 Å². The van der Waals surface area contributed by atoms with E-state index < -0.39 is 33.0 Å². The number of halogens is 1. The first kappa shape index (κ1) is 42.9. The first-order valence-electron chi connectivity index (χ1n) is 20.4. The Morgan fingerprint density at radius 2 is 1.84 bits per heavy atom. The minimum Gasteiger partial charge on any atom is -0.470 e. The van der Waals surface area contributed by atoms with Crippen LogP contribution in [0.25, 0.3) is 16.6 Å². The molecule has 1 aromatic heterocycles. The van der Waals surface area contributed by atoms with Crippen molar-refractivity contribution in [3.8, 4) is 11.5 Å². The highest BCUT2D eigenvalue weighted by Gasteiger charge is 2.46. The van der Waals surface area contributed by atoms with E-state index in [4.69, 9.17) is 25.8 Å². The first-order valence-corrected chi connectivity index (χ1v) is 23.2. The number of para-hydroxylation sites is 1. The number of carbonyl (C=O) groups excluding carboxylic acids is 1. The average molecular weight is 893 g/mol. The molecule has 8 rings (SSSR count). The van der Waals surface area contributed by atoms with Crippen molar-refractivity contribution in [1.82, 2.24) is 24.5 Å². The normalized spacial score (nSPS) is 22.3. The number of amides is 2. The fourth-order valence-electron chi connectivity index (χ4n) is 8.13. The molecule has 0 bridgehead atoms. The van der Waals surface area contributed by atoms with Gasteiger partial charge < -0.3 is 34.1 Å². The molecule has 3 aliphatic heterocycles. The lowest BCUT2D eigenvalue weighted by atomic mass is 9.72. The van der Waals surface area contributed by atoms with Gasteiger partial charge >= 0.3 is 6.09 Å². The Balaban J connectivity index is 0.979. The van der Waals surface area contributed by atoms with Gasteiger partial charge in [-0.15, -0.1) is 0 Å². The van der Waals surface area contributed by atoms with Crippen molar-refractivity contribution >= 4 is 72.9 Å². The van der Waals surface area contributed by atoms with Crippen LogP contribution in [0.5, 0.6) is 11.5 Å². The molecule has 1 aliphatic carbocycles. The van der Waals surface area contributed by atoms with E-state index in [0.717, 1.165) is 80.0 Å². The highest BCUT2D eigenvalue weighted by Crippen LogP contribution is 2.44. The third kappa shape index (κ3) is 9.65. The molecule has 2 atom stereocenters. The number of ether oxygens (including phenoxy) is 3. The molecule has 0 saturated carbocycles. The second kappa shape index (κ2) is 17.5. The SMILES string of the molecule is CC1(C)CCC(CN2CCN(c3ccc(C(=O)NS(=O)(=O)[C@@]4(C)CSC(OC[C@@H]5CN(C(=O)O)CCO5)=N4)c(Oc4cccc5[nH]cnc45)c3)CC2)=C(c2ccc(Cl)cc2)C1. The minimum atomic E-state index is -4.40. The molecule has 4 heterocycles. The van der Waals surface area contributed by atoms with Gasteiger partial charge in [0, 0.05) is 61.8 Å². The predicted molar refractivity (Wildman–Crippen MR) is 237 cm³/mol. The van der Waals surface area contributed by atoms with E-state index in [1.54, 1.807) is 24.5 Å². The molecule has 0 spiro atoms. The summed E-state index contributed by atoms with van der Waals surface area (Å²) >= 11 is 7.33. The third-order valence-corrected chi connectivity index (χ3v) is 15.2. The first-order chi connectivity index (χ1) is 29.1. The van der Waals surface area contributed by atoms with Crippen molar-refractivity contribution in [3.63, 3.8) is 0 Å². The van der Waals surface area contributed by atoms with E-state index in [0.29, 0.717) is 11.3 Å². The number of H-pyrrole nitrogens is 1. The number of carboxylic acid groups (broad SMARTS) is 1. The molecule has 2 amide bonds. The van der Waals surface area contributed by atoms with Crippen LogP contribution in [0, 0.1) is 5.41 Å². The van der Waals surface area contributed by atoms with E-state index in [1.165, 1.54) is 28.5 Å². The molecule has 18 heteroatoms. The quantitative estimate of drug-likeness (QED) is 0.140. The van der Waals surface area contributed by atoms with E-state index in [9.17, 15) is 23.1 Å². The van der Waals surface area contributed by atoms with Crippen LogP contribution in [0.4, 0.5) is 10.5 Å². The summed E-state index contributed by atoms with van der Waals surface area (Å²) in [4.78, 5) is 41.5. The zero-order chi connectivity index (χ0) is 42.9. The Kier molecular flexibility index (Phi) is 12.3. The predicted octanol–water partition coefficient (Wildman–Crippen LogP) is 7.07. The van der Waals surface area contributed by atoms with Crippen LogP contribution in [0.1, 0.15) is 56.0 Å². The number of fused-ring (bicyclic) bond motifs is 1. The second-order valence-electron chi connectivity index (χ2n) is 16.8. The summed E-state index contributed by atoms with van der Waals surface area (Å²) in [5.41, 5.74) is 6.52. The van der Waals surface area contributed by atoms with Crippen molar-refractivity contribution in [1.29, 1.82) is 0 Å². The summed E-state index contributed by atoms with van der Waals surface area (Å²) in [6.07, 6.45) is 3.19. The lowest BCUT2D eigenvalue weighted by Gasteiger charge is -2.39. The molecule has 2 saturated heterocycles. The van der Waals surface area contributed by atoms with E-state index in [-0.39, 0.29) is 54.0 Å². The summed E-state index contributed by atoms with van der Waals surface area (Å²) in [5, 5.41) is 10.2. The molecular weight excluding hydrogens is 842 g/mol. The lowest BCUT2D eigenvalue weighted by Crippen LogP contribution is -2.47. The number of benzene rings is 3. The van der Waals surface area contributed by atoms with Gasteiger partial charge in [0.25, 0.3) is 15.9 Å². The number of thioether (sulfide) groups is 1. The summed E-state index contributed by atoms with van der Waals surface area (Å²) in [6.45, 7) is 10.7. The molecule has 0 unspecified atom stereocenters. The number of piperazine rings is 1. The average Bonchev–Trinajstić information content (AvgIpc) is 3.89. The van der Waals surface area contributed by atoms with Gasteiger partial charge in [0.2, 0.25) is 5.23 Å². The molecule has 61 heavy (non-hydrogen) atoms. The van der Waals surface area contributed by atoms with Crippen LogP contribution < -0.4 is 14.4 Å². The highest BCUT2D eigenvalue weighted by molar-refractivity contribution is 8.14. The number of morpholine rings is 1. The maximum absolute atomic E-state index is 14.0. The van der Waals surface area contributed by atoms with Gasteiger partial charge in [-0.2, -0.15) is 0 Å². The number of anilines is 1. The number of nitrogens with one attached hydrogen (secondary N) is 2. The number of carbonyl (C=O) groups is 2. The topological polar surface area (TPSA) is 179 Å². The fraction of sp³-hybridized carbons (Fsp3) is 0.442. The van der Waals surface area contributed by atoms with Gasteiger partial charge in [-0.25, -0.2) is 27.9 Å². The Hall–Kier alpha value is -4.81. The molecule has 3 aromatic carbocycles. The van der Waals surface area contributed by atoms with Crippen molar-refractivity contribution in [2.45, 2.75) is 51.0 Å². The molecule has 3 N–H and O–H groups in total. The van der Waals surface area contributed by atoms with Gasteiger partial charge in [-0.3, -0.25) is 9.69 Å². The molecule has 4 aliphatic rings. The Morgan fingerprint density at radius 1 is 1.05 bits per heavy atom. The van der Waals surface area contributed by atoms with Crippen LogP contribution in [0.15, 0.2) is 77.6 Å². The summed E-state index contributed by atoms with van der Waals surface area (Å²) in [7, 11) is -4.40. The largest absolute Gasteiger partial charge is 0.470 e. The van der Waals surface area contributed by atoms with Crippen LogP contribution in [-0.2, 0) is 19.5 Å². The standard InChI is InChI=1S/C43H50ClN7O8S2/c1-42(2)14-13-29(34(22-42)28-7-9-30(44)10-8-28)23-49-15-17-50(18-16-49)31-11-12-33(37(21-31)59-36-6-4-5-35-38(36)46-27-45-35)39(52)48-61(55,56)43(3)26-60-40(47-43)58-25-32-24-51(41(53)54)19-20-57-32/h4-12,21,27,32H,13-20,22-26H2,1-3H3,(H,45,46)(H,48,52)(H,53,54)/t32-,43-/m0/s1. The molecule has 4 aromatic rings. The number of nitrogens with zero attached hydrogens (tertiary/aromatic N) is 5. The Labute approximate surface area is 364 Å². The maximum atomic E-state index is 14.0.